The van der Waals surface area contributed by atoms with Crippen molar-refractivity contribution in [2.24, 2.45) is 0 Å². The predicted molar refractivity (Wildman–Crippen MR) is 52.4 cm³/mol. The molecule has 2 aromatic rings. The van der Waals surface area contributed by atoms with E-state index in [9.17, 15) is 0 Å². The van der Waals surface area contributed by atoms with Crippen molar-refractivity contribution in [1.82, 2.24) is 0 Å². The Morgan fingerprint density at radius 2 is 1.92 bits per heavy atom. The van der Waals surface area contributed by atoms with Crippen LogP contribution in [0.4, 0.5) is 0 Å². The van der Waals surface area contributed by atoms with Crippen LogP contribution in [0, 0.1) is 13.3 Å². The molecule has 1 aromatic heterocycles. The van der Waals surface area contributed by atoms with Crippen molar-refractivity contribution in [3.8, 4) is 0 Å². The third-order valence-corrected chi connectivity index (χ3v) is 2.03. The van der Waals surface area contributed by atoms with Crippen LogP contribution in [-0.4, -0.2) is 0 Å². The van der Waals surface area contributed by atoms with E-state index in [1.54, 1.807) is 6.26 Å². The molecular formula is C12H11O. The molecule has 0 aliphatic heterocycles. The standard InChI is InChI=1S/C12H11O/c1-10-5-2-3-6-11(10)9-12-7-4-8-13-12/h2-9H,1H3. The van der Waals surface area contributed by atoms with Gasteiger partial charge in [-0.1, -0.05) is 24.3 Å². The monoisotopic (exact) mass is 171 g/mol. The zero-order chi connectivity index (χ0) is 9.10. The van der Waals surface area contributed by atoms with Crippen LogP contribution >= 0.6 is 0 Å². The van der Waals surface area contributed by atoms with Crippen LogP contribution < -0.4 is 0 Å². The zero-order valence-electron chi connectivity index (χ0n) is 7.53. The molecule has 0 unspecified atom stereocenters. The van der Waals surface area contributed by atoms with Gasteiger partial charge in [-0.05, 0) is 30.2 Å². The average Bonchev–Trinajstić information content (AvgIpc) is 2.61. The van der Waals surface area contributed by atoms with Crippen LogP contribution in [0.1, 0.15) is 16.9 Å². The molecule has 1 aromatic carbocycles. The normalized spacial score (nSPS) is 10.2. The second kappa shape index (κ2) is 3.48. The minimum atomic E-state index is 0.898. The van der Waals surface area contributed by atoms with E-state index in [0.717, 1.165) is 5.76 Å². The van der Waals surface area contributed by atoms with Crippen molar-refractivity contribution >= 4 is 0 Å². The molecule has 1 nitrogen and oxygen atoms in total. The first-order valence-electron chi connectivity index (χ1n) is 4.30. The fourth-order valence-corrected chi connectivity index (χ4v) is 1.28. The summed E-state index contributed by atoms with van der Waals surface area (Å²) in [5.74, 6) is 0.898. The van der Waals surface area contributed by atoms with Crippen LogP contribution in [0.25, 0.3) is 0 Å². The summed E-state index contributed by atoms with van der Waals surface area (Å²) in [6, 6.07) is 12.1. The minimum absolute atomic E-state index is 0.898. The quantitative estimate of drug-likeness (QED) is 0.676. The van der Waals surface area contributed by atoms with Crippen molar-refractivity contribution in [1.29, 1.82) is 0 Å². The maximum absolute atomic E-state index is 5.24. The Bertz CT molecular complexity index is 374. The smallest absolute Gasteiger partial charge is 0.112 e. The summed E-state index contributed by atoms with van der Waals surface area (Å²) in [7, 11) is 0. The highest BCUT2D eigenvalue weighted by atomic mass is 16.3. The summed E-state index contributed by atoms with van der Waals surface area (Å²) in [6.07, 6.45) is 3.72. The van der Waals surface area contributed by atoms with Crippen molar-refractivity contribution < 1.29 is 4.42 Å². The van der Waals surface area contributed by atoms with Crippen LogP contribution in [0.2, 0.25) is 0 Å². The molecule has 0 atom stereocenters. The van der Waals surface area contributed by atoms with Gasteiger partial charge < -0.3 is 4.42 Å². The number of rotatable bonds is 2. The van der Waals surface area contributed by atoms with E-state index in [1.807, 2.05) is 30.7 Å². The van der Waals surface area contributed by atoms with Gasteiger partial charge in [0.2, 0.25) is 0 Å². The van der Waals surface area contributed by atoms with Gasteiger partial charge in [0.1, 0.15) is 5.76 Å². The maximum Gasteiger partial charge on any atom is 0.112 e. The number of hydrogen-bond donors (Lipinski definition) is 0. The van der Waals surface area contributed by atoms with Gasteiger partial charge in [-0.2, -0.15) is 0 Å². The topological polar surface area (TPSA) is 13.1 Å². The van der Waals surface area contributed by atoms with E-state index in [2.05, 4.69) is 19.1 Å². The zero-order valence-corrected chi connectivity index (χ0v) is 7.53. The van der Waals surface area contributed by atoms with Crippen LogP contribution in [0.15, 0.2) is 47.1 Å². The second-order valence-corrected chi connectivity index (χ2v) is 3.02. The lowest BCUT2D eigenvalue weighted by molar-refractivity contribution is 0.542. The third-order valence-electron chi connectivity index (χ3n) is 2.03. The van der Waals surface area contributed by atoms with E-state index in [0.29, 0.717) is 0 Å². The van der Waals surface area contributed by atoms with Gasteiger partial charge in [0.05, 0.1) is 12.7 Å². The Balaban J connectivity index is 2.24. The molecule has 0 N–H and O–H groups in total. The van der Waals surface area contributed by atoms with Crippen molar-refractivity contribution in [2.45, 2.75) is 6.92 Å². The SMILES string of the molecule is Cc1ccccc1[CH]c1ccco1. The van der Waals surface area contributed by atoms with E-state index >= 15 is 0 Å². The fraction of sp³-hybridized carbons (Fsp3) is 0.0833. The Kier molecular flexibility index (Phi) is 2.17. The summed E-state index contributed by atoms with van der Waals surface area (Å²) in [6.45, 7) is 2.09. The molecule has 2 rings (SSSR count). The molecule has 0 bridgehead atoms. The largest absolute Gasteiger partial charge is 0.469 e. The first-order chi connectivity index (χ1) is 6.36. The molecule has 1 heteroatoms. The molecule has 0 aliphatic rings. The molecule has 65 valence electrons. The number of furan rings is 1. The van der Waals surface area contributed by atoms with E-state index in [1.165, 1.54) is 11.1 Å². The molecule has 1 radical (unpaired) electrons. The van der Waals surface area contributed by atoms with Gasteiger partial charge in [-0.25, -0.2) is 0 Å². The molecule has 0 spiro atoms. The molecular weight excluding hydrogens is 160 g/mol. The van der Waals surface area contributed by atoms with Gasteiger partial charge in [0.25, 0.3) is 0 Å². The maximum atomic E-state index is 5.24. The predicted octanol–water partition coefficient (Wildman–Crippen LogP) is 3.19. The first-order valence-corrected chi connectivity index (χ1v) is 4.30. The Morgan fingerprint density at radius 3 is 2.62 bits per heavy atom. The average molecular weight is 171 g/mol. The number of benzene rings is 1. The van der Waals surface area contributed by atoms with Gasteiger partial charge in [-0.15, -0.1) is 0 Å². The molecule has 13 heavy (non-hydrogen) atoms. The van der Waals surface area contributed by atoms with Crippen molar-refractivity contribution in [3.63, 3.8) is 0 Å². The summed E-state index contributed by atoms with van der Waals surface area (Å²) < 4.78 is 5.24. The fourth-order valence-electron chi connectivity index (χ4n) is 1.28. The van der Waals surface area contributed by atoms with Gasteiger partial charge in [0.15, 0.2) is 0 Å². The highest BCUT2D eigenvalue weighted by molar-refractivity contribution is 5.37. The van der Waals surface area contributed by atoms with E-state index in [4.69, 9.17) is 4.42 Å². The van der Waals surface area contributed by atoms with Gasteiger partial charge >= 0.3 is 0 Å². The van der Waals surface area contributed by atoms with Crippen LogP contribution in [0.3, 0.4) is 0 Å². The number of hydrogen-bond acceptors (Lipinski definition) is 1. The molecule has 0 fully saturated rings. The van der Waals surface area contributed by atoms with Crippen LogP contribution in [0.5, 0.6) is 0 Å². The number of aryl methyl sites for hydroxylation is 1. The molecule has 0 aliphatic carbocycles. The molecule has 0 amide bonds. The first kappa shape index (κ1) is 8.11. The lowest BCUT2D eigenvalue weighted by Gasteiger charge is -2.01. The van der Waals surface area contributed by atoms with Crippen LogP contribution in [-0.2, 0) is 0 Å². The van der Waals surface area contributed by atoms with Gasteiger partial charge in [-0.3, -0.25) is 0 Å². The second-order valence-electron chi connectivity index (χ2n) is 3.02. The Morgan fingerprint density at radius 1 is 1.08 bits per heavy atom. The summed E-state index contributed by atoms with van der Waals surface area (Å²) >= 11 is 0. The lowest BCUT2D eigenvalue weighted by atomic mass is 10.1. The molecule has 1 heterocycles. The van der Waals surface area contributed by atoms with Crippen molar-refractivity contribution in [2.75, 3.05) is 0 Å². The highest BCUT2D eigenvalue weighted by Crippen LogP contribution is 2.15. The third kappa shape index (κ3) is 1.81. The Hall–Kier alpha value is -1.50. The van der Waals surface area contributed by atoms with Gasteiger partial charge in [0, 0.05) is 0 Å². The highest BCUT2D eigenvalue weighted by Gasteiger charge is 2.00. The summed E-state index contributed by atoms with van der Waals surface area (Å²) in [5.41, 5.74) is 2.47. The minimum Gasteiger partial charge on any atom is -0.469 e. The summed E-state index contributed by atoms with van der Waals surface area (Å²) in [4.78, 5) is 0. The van der Waals surface area contributed by atoms with E-state index < -0.39 is 0 Å². The van der Waals surface area contributed by atoms with Crippen molar-refractivity contribution in [3.05, 3.63) is 66.0 Å². The molecule has 0 saturated carbocycles. The summed E-state index contributed by atoms with van der Waals surface area (Å²) in [5, 5.41) is 0. The lowest BCUT2D eigenvalue weighted by Crippen LogP contribution is -1.86. The molecule has 0 saturated heterocycles. The Labute approximate surface area is 78.0 Å². The van der Waals surface area contributed by atoms with E-state index in [-0.39, 0.29) is 0 Å².